The van der Waals surface area contributed by atoms with E-state index in [2.05, 4.69) is 9.72 Å². The molecule has 1 aromatic heterocycles. The summed E-state index contributed by atoms with van der Waals surface area (Å²) in [6, 6.07) is 10.9. The summed E-state index contributed by atoms with van der Waals surface area (Å²) >= 11 is 5.92. The van der Waals surface area contributed by atoms with E-state index in [-0.39, 0.29) is 5.76 Å². The van der Waals surface area contributed by atoms with Gasteiger partial charge in [-0.1, -0.05) is 29.8 Å². The molecule has 0 radical (unpaired) electrons. The van der Waals surface area contributed by atoms with Gasteiger partial charge in [0.1, 0.15) is 17.2 Å². The number of benzene rings is 1. The van der Waals surface area contributed by atoms with Gasteiger partial charge in [-0.25, -0.2) is 9.78 Å². The molecule has 0 saturated heterocycles. The fourth-order valence-corrected chi connectivity index (χ4v) is 2.04. The van der Waals surface area contributed by atoms with E-state index in [0.717, 1.165) is 11.1 Å². The number of esters is 1. The first-order chi connectivity index (χ1) is 11.0. The fourth-order valence-electron chi connectivity index (χ4n) is 1.88. The Hall–Kier alpha value is -2.53. The second kappa shape index (κ2) is 7.65. The van der Waals surface area contributed by atoms with Gasteiger partial charge in [0.2, 0.25) is 5.76 Å². The molecule has 1 aromatic carbocycles. The van der Waals surface area contributed by atoms with Crippen LogP contribution in [-0.2, 0) is 14.3 Å². The van der Waals surface area contributed by atoms with E-state index in [1.807, 2.05) is 31.2 Å². The minimum absolute atomic E-state index is 0.0469. The number of carbonyl (C=O) groups excluding carboxylic acids is 1. The molecule has 5 nitrogen and oxygen atoms in total. The van der Waals surface area contributed by atoms with Crippen LogP contribution in [0.2, 0.25) is 5.15 Å². The highest BCUT2D eigenvalue weighted by Gasteiger charge is 2.15. The van der Waals surface area contributed by atoms with Crippen LogP contribution in [0.5, 0.6) is 5.75 Å². The molecule has 1 heterocycles. The van der Waals surface area contributed by atoms with Crippen molar-refractivity contribution in [2.45, 2.75) is 6.92 Å². The van der Waals surface area contributed by atoms with Crippen LogP contribution in [0.1, 0.15) is 5.56 Å². The monoisotopic (exact) mass is 333 g/mol. The van der Waals surface area contributed by atoms with E-state index >= 15 is 0 Å². The van der Waals surface area contributed by atoms with Crippen molar-refractivity contribution in [1.82, 2.24) is 4.98 Å². The summed E-state index contributed by atoms with van der Waals surface area (Å²) in [7, 11) is 2.69. The Balaban J connectivity index is 2.37. The molecule has 0 aliphatic carbocycles. The highest BCUT2D eigenvalue weighted by Crippen LogP contribution is 2.28. The van der Waals surface area contributed by atoms with Crippen LogP contribution in [0.25, 0.3) is 11.3 Å². The van der Waals surface area contributed by atoms with Gasteiger partial charge in [0.25, 0.3) is 0 Å². The smallest absolute Gasteiger partial charge is 0.377 e. The molecule has 0 saturated carbocycles. The first-order valence-corrected chi connectivity index (χ1v) is 7.15. The molecule has 0 fully saturated rings. The predicted octanol–water partition coefficient (Wildman–Crippen LogP) is 3.75. The maximum Gasteiger partial charge on any atom is 0.377 e. The molecular formula is C17H16ClNO4. The van der Waals surface area contributed by atoms with Gasteiger partial charge in [0.15, 0.2) is 0 Å². The number of pyridine rings is 1. The van der Waals surface area contributed by atoms with Crippen molar-refractivity contribution in [2.75, 3.05) is 14.2 Å². The summed E-state index contributed by atoms with van der Waals surface area (Å²) in [5.41, 5.74) is 2.37. The molecule has 0 unspecified atom stereocenters. The summed E-state index contributed by atoms with van der Waals surface area (Å²) in [6.07, 6.45) is 1.19. The van der Waals surface area contributed by atoms with Crippen molar-refractivity contribution in [3.63, 3.8) is 0 Å². The SMILES string of the molecule is COC=C(Oc1cc(-c2cccc(Cl)n2)ccc1C)C(=O)OC. The molecule has 0 N–H and O–H groups in total. The highest BCUT2D eigenvalue weighted by atomic mass is 35.5. The molecule has 6 heteroatoms. The number of carbonyl (C=O) groups is 1. The number of hydrogen-bond donors (Lipinski definition) is 0. The van der Waals surface area contributed by atoms with Gasteiger partial charge in [0, 0.05) is 5.56 Å². The van der Waals surface area contributed by atoms with Gasteiger partial charge in [0.05, 0.1) is 19.9 Å². The maximum atomic E-state index is 11.7. The van der Waals surface area contributed by atoms with E-state index in [1.165, 1.54) is 20.5 Å². The van der Waals surface area contributed by atoms with Crippen LogP contribution in [0, 0.1) is 6.92 Å². The molecular weight excluding hydrogens is 318 g/mol. The fraction of sp³-hybridized carbons (Fsp3) is 0.176. The Morgan fingerprint density at radius 3 is 2.65 bits per heavy atom. The van der Waals surface area contributed by atoms with Gasteiger partial charge in [-0.3, -0.25) is 0 Å². The van der Waals surface area contributed by atoms with E-state index < -0.39 is 5.97 Å². The lowest BCUT2D eigenvalue weighted by atomic mass is 10.1. The normalized spacial score (nSPS) is 11.0. The number of methoxy groups -OCH3 is 2. The molecule has 23 heavy (non-hydrogen) atoms. The summed E-state index contributed by atoms with van der Waals surface area (Å²) in [5, 5.41) is 0.403. The first-order valence-electron chi connectivity index (χ1n) is 6.78. The standard InChI is InChI=1S/C17H16ClNO4/c1-11-7-8-12(13-5-4-6-16(18)19-13)9-14(11)23-15(10-21-2)17(20)22-3/h4-10H,1-3H3. The van der Waals surface area contributed by atoms with Crippen LogP contribution in [-0.4, -0.2) is 25.2 Å². The Kier molecular flexibility index (Phi) is 5.60. The van der Waals surface area contributed by atoms with Crippen LogP contribution in [0.3, 0.4) is 0 Å². The average molecular weight is 334 g/mol. The first kappa shape index (κ1) is 16.8. The largest absolute Gasteiger partial charge is 0.500 e. The van der Waals surface area contributed by atoms with Crippen LogP contribution in [0.15, 0.2) is 48.4 Å². The zero-order valence-corrected chi connectivity index (χ0v) is 13.8. The van der Waals surface area contributed by atoms with E-state index in [0.29, 0.717) is 16.6 Å². The number of nitrogens with zero attached hydrogens (tertiary/aromatic N) is 1. The van der Waals surface area contributed by atoms with Crippen LogP contribution >= 0.6 is 11.6 Å². The lowest BCUT2D eigenvalue weighted by Crippen LogP contribution is -2.11. The molecule has 0 amide bonds. The number of rotatable bonds is 5. The number of hydrogen-bond acceptors (Lipinski definition) is 5. The van der Waals surface area contributed by atoms with Crippen molar-refractivity contribution in [1.29, 1.82) is 0 Å². The Morgan fingerprint density at radius 1 is 1.22 bits per heavy atom. The van der Waals surface area contributed by atoms with Gasteiger partial charge in [-0.05, 0) is 30.7 Å². The van der Waals surface area contributed by atoms with Gasteiger partial charge in [-0.2, -0.15) is 0 Å². The van der Waals surface area contributed by atoms with Crippen molar-refractivity contribution in [2.24, 2.45) is 0 Å². The summed E-state index contributed by atoms with van der Waals surface area (Å²) < 4.78 is 15.1. The van der Waals surface area contributed by atoms with E-state index in [4.69, 9.17) is 21.1 Å². The Labute approximate surface area is 139 Å². The average Bonchev–Trinajstić information content (AvgIpc) is 2.55. The summed E-state index contributed by atoms with van der Waals surface area (Å²) in [6.45, 7) is 1.87. The van der Waals surface area contributed by atoms with Crippen molar-refractivity contribution in [3.8, 4) is 17.0 Å². The molecule has 2 rings (SSSR count). The minimum Gasteiger partial charge on any atom is -0.500 e. The van der Waals surface area contributed by atoms with Crippen molar-refractivity contribution in [3.05, 3.63) is 59.1 Å². The third kappa shape index (κ3) is 4.23. The zero-order chi connectivity index (χ0) is 16.8. The van der Waals surface area contributed by atoms with Crippen LogP contribution in [0.4, 0.5) is 0 Å². The molecule has 2 aromatic rings. The zero-order valence-electron chi connectivity index (χ0n) is 13.0. The second-order valence-corrected chi connectivity index (χ2v) is 5.02. The molecule has 120 valence electrons. The lowest BCUT2D eigenvalue weighted by Gasteiger charge is -2.12. The van der Waals surface area contributed by atoms with E-state index in [1.54, 1.807) is 12.1 Å². The Bertz CT molecular complexity index is 743. The highest BCUT2D eigenvalue weighted by molar-refractivity contribution is 6.29. The van der Waals surface area contributed by atoms with Crippen molar-refractivity contribution >= 4 is 17.6 Å². The molecule has 0 aliphatic rings. The number of aromatic nitrogens is 1. The minimum atomic E-state index is -0.627. The van der Waals surface area contributed by atoms with Gasteiger partial charge < -0.3 is 14.2 Å². The molecule has 0 spiro atoms. The quantitative estimate of drug-likeness (QED) is 0.361. The summed E-state index contributed by atoms with van der Waals surface area (Å²) in [4.78, 5) is 16.0. The molecule has 0 bridgehead atoms. The third-order valence-corrected chi connectivity index (χ3v) is 3.24. The summed E-state index contributed by atoms with van der Waals surface area (Å²) in [5.74, 6) is -0.176. The van der Waals surface area contributed by atoms with Crippen LogP contribution < -0.4 is 4.74 Å². The third-order valence-electron chi connectivity index (χ3n) is 3.03. The number of halogens is 1. The Morgan fingerprint density at radius 2 is 2.00 bits per heavy atom. The topological polar surface area (TPSA) is 57.7 Å². The van der Waals surface area contributed by atoms with Crippen molar-refractivity contribution < 1.29 is 19.0 Å². The molecule has 0 atom stereocenters. The maximum absolute atomic E-state index is 11.7. The lowest BCUT2D eigenvalue weighted by molar-refractivity contribution is -0.138. The second-order valence-electron chi connectivity index (χ2n) is 4.64. The van der Waals surface area contributed by atoms with Gasteiger partial charge >= 0.3 is 5.97 Å². The van der Waals surface area contributed by atoms with Gasteiger partial charge in [-0.15, -0.1) is 0 Å². The number of aryl methyl sites for hydroxylation is 1. The predicted molar refractivity (Wildman–Crippen MR) is 87.2 cm³/mol. The number of ether oxygens (including phenoxy) is 3. The molecule has 0 aliphatic heterocycles. The van der Waals surface area contributed by atoms with E-state index in [9.17, 15) is 4.79 Å².